The molecule has 0 saturated heterocycles. The Morgan fingerprint density at radius 1 is 0.879 bits per heavy atom. The number of guanidine groups is 1. The number of hydrogen-bond donors (Lipinski definition) is 10. The fourth-order valence-electron chi connectivity index (χ4n) is 6.22. The van der Waals surface area contributed by atoms with Crippen LogP contribution in [0.2, 0.25) is 0 Å². The summed E-state index contributed by atoms with van der Waals surface area (Å²) in [7, 11) is 1.74. The first kappa shape index (κ1) is 45.1. The predicted octanol–water partition coefficient (Wildman–Crippen LogP) is 0.554. The number of benzene rings is 2. The average molecular weight is 804 g/mol. The molecule has 3 unspecified atom stereocenters. The number of nitrogens with two attached hydrogens (primary N) is 3. The summed E-state index contributed by atoms with van der Waals surface area (Å²) in [5.74, 6) is -0.157. The van der Waals surface area contributed by atoms with Gasteiger partial charge in [0, 0.05) is 33.2 Å². The first-order valence-electron chi connectivity index (χ1n) is 19.4. The molecule has 4 aromatic rings. The third kappa shape index (κ3) is 13.8. The van der Waals surface area contributed by atoms with Crippen molar-refractivity contribution in [2.75, 3.05) is 44.8 Å². The van der Waals surface area contributed by atoms with Crippen molar-refractivity contribution in [2.24, 2.45) is 10.7 Å². The lowest BCUT2D eigenvalue weighted by molar-refractivity contribution is -0.132. The predicted molar refractivity (Wildman–Crippen MR) is 219 cm³/mol. The smallest absolute Gasteiger partial charge is 0.280 e. The van der Waals surface area contributed by atoms with Gasteiger partial charge in [-0.15, -0.1) is 10.2 Å². The lowest BCUT2D eigenvalue weighted by atomic mass is 9.99. The van der Waals surface area contributed by atoms with Crippen LogP contribution in [0.4, 0.5) is 11.6 Å². The van der Waals surface area contributed by atoms with E-state index in [9.17, 15) is 24.9 Å². The van der Waals surface area contributed by atoms with Crippen molar-refractivity contribution in [3.63, 3.8) is 0 Å². The van der Waals surface area contributed by atoms with Gasteiger partial charge in [0.15, 0.2) is 23.3 Å². The van der Waals surface area contributed by atoms with Crippen LogP contribution >= 0.6 is 0 Å². The second-order valence-corrected chi connectivity index (χ2v) is 14.1. The van der Waals surface area contributed by atoms with Gasteiger partial charge in [0.05, 0.1) is 23.9 Å². The monoisotopic (exact) mass is 803 g/mol. The molecule has 314 valence electrons. The highest BCUT2D eigenvalue weighted by Gasteiger charge is 2.26. The Bertz CT molecular complexity index is 1900. The second kappa shape index (κ2) is 23.0. The van der Waals surface area contributed by atoms with Gasteiger partial charge in [-0.1, -0.05) is 53.7 Å². The van der Waals surface area contributed by atoms with Gasteiger partial charge in [-0.3, -0.25) is 19.9 Å². The van der Waals surface area contributed by atoms with Crippen molar-refractivity contribution in [3.8, 4) is 11.1 Å². The number of amides is 2. The summed E-state index contributed by atoms with van der Waals surface area (Å²) in [6, 6.07) is 16.2. The molecular formula is C39H57N13O6. The van der Waals surface area contributed by atoms with Gasteiger partial charge >= 0.3 is 0 Å². The molecule has 58 heavy (non-hydrogen) atoms. The summed E-state index contributed by atoms with van der Waals surface area (Å²) in [6.45, 7) is 2.43. The molecule has 13 N–H and O–H groups in total. The Hall–Kier alpha value is -5.60. The molecule has 0 radical (unpaired) electrons. The Kier molecular flexibility index (Phi) is 17.9. The molecule has 0 fully saturated rings. The molecule has 2 aromatic heterocycles. The number of carbonyl (C=O) groups excluding carboxylic acids is 2. The number of aliphatic hydroxyl groups is 4. The fraction of sp³-hybridized carbons (Fsp3) is 0.487. The number of carbonyl (C=O) groups is 2. The van der Waals surface area contributed by atoms with Crippen LogP contribution in [0.15, 0.2) is 53.5 Å². The number of aryl methyl sites for hydroxylation is 3. The zero-order chi connectivity index (χ0) is 42.0. The molecule has 2 heterocycles. The van der Waals surface area contributed by atoms with Gasteiger partial charge in [-0.25, -0.2) is 9.97 Å². The lowest BCUT2D eigenvalue weighted by Crippen LogP contribution is -2.43. The van der Waals surface area contributed by atoms with Crippen LogP contribution in [-0.4, -0.2) is 125 Å². The summed E-state index contributed by atoms with van der Waals surface area (Å²) >= 11 is 0. The molecule has 0 aliphatic carbocycles. The summed E-state index contributed by atoms with van der Waals surface area (Å²) in [4.78, 5) is 39.6. The molecule has 4 atom stereocenters. The van der Waals surface area contributed by atoms with Crippen LogP contribution in [0.25, 0.3) is 11.1 Å². The van der Waals surface area contributed by atoms with Gasteiger partial charge < -0.3 is 47.8 Å². The molecule has 4 rings (SSSR count). The molecule has 2 amide bonds. The Labute approximate surface area is 337 Å². The van der Waals surface area contributed by atoms with Crippen LogP contribution in [-0.2, 0) is 17.6 Å². The van der Waals surface area contributed by atoms with E-state index in [2.05, 4.69) is 82.6 Å². The quantitative estimate of drug-likeness (QED) is 0.0278. The minimum Gasteiger partial charge on any atom is -0.396 e. The number of aromatic amines is 1. The molecule has 19 nitrogen and oxygen atoms in total. The maximum Gasteiger partial charge on any atom is 0.280 e. The van der Waals surface area contributed by atoms with Gasteiger partial charge in [-0.05, 0) is 87.1 Å². The number of tetrazole rings is 1. The number of hydrogen-bond acceptors (Lipinski definition) is 15. The van der Waals surface area contributed by atoms with Gasteiger partial charge in [0.25, 0.3) is 5.91 Å². The summed E-state index contributed by atoms with van der Waals surface area (Å²) in [5.41, 5.74) is 22.1. The van der Waals surface area contributed by atoms with Crippen LogP contribution in [0.3, 0.4) is 0 Å². The van der Waals surface area contributed by atoms with Crippen molar-refractivity contribution >= 4 is 29.4 Å². The number of aliphatic hydroxyl groups excluding tert-OH is 4. The van der Waals surface area contributed by atoms with E-state index < -0.39 is 24.2 Å². The van der Waals surface area contributed by atoms with Crippen LogP contribution in [0.5, 0.6) is 0 Å². The number of nitrogens with one attached hydrogen (secondary N) is 3. The van der Waals surface area contributed by atoms with E-state index in [-0.39, 0.29) is 54.8 Å². The van der Waals surface area contributed by atoms with Gasteiger partial charge in [0.2, 0.25) is 5.91 Å². The zero-order valence-electron chi connectivity index (χ0n) is 33.1. The molecule has 0 aliphatic rings. The summed E-state index contributed by atoms with van der Waals surface area (Å²) in [5, 5.41) is 58.7. The molecule has 0 aliphatic heterocycles. The minimum atomic E-state index is -1.35. The number of anilines is 2. The molecule has 19 heteroatoms. The van der Waals surface area contributed by atoms with E-state index in [1.807, 2.05) is 12.1 Å². The van der Waals surface area contributed by atoms with Crippen LogP contribution < -0.4 is 27.8 Å². The SMILES string of the molecule is Cc1nc(C(=O)NC(N)=NCCCCc2ccc(-c3ccc(CCC(=O)N(C)[C@@H](CCCCNCC(O)C(O)C(O)CCO)c4nn[nH]n4)cc3)cc2)c(N)nc1N. The van der Waals surface area contributed by atoms with Crippen LogP contribution in [0.1, 0.15) is 84.1 Å². The number of H-pyrrole nitrogens is 1. The fourth-order valence-corrected chi connectivity index (χ4v) is 6.22. The van der Waals surface area contributed by atoms with E-state index in [0.29, 0.717) is 43.9 Å². The van der Waals surface area contributed by atoms with E-state index in [1.54, 1.807) is 18.9 Å². The first-order chi connectivity index (χ1) is 27.9. The van der Waals surface area contributed by atoms with Crippen molar-refractivity contribution in [1.82, 2.24) is 46.1 Å². The summed E-state index contributed by atoms with van der Waals surface area (Å²) in [6.07, 6.45) is 1.72. The number of unbranched alkanes of at least 4 members (excludes halogenated alkanes) is 2. The maximum absolute atomic E-state index is 13.3. The number of aliphatic imine (C=N–C) groups is 1. The molecule has 0 spiro atoms. The Morgan fingerprint density at radius 2 is 1.55 bits per heavy atom. The van der Waals surface area contributed by atoms with E-state index in [0.717, 1.165) is 48.8 Å². The third-order valence-electron chi connectivity index (χ3n) is 9.78. The summed E-state index contributed by atoms with van der Waals surface area (Å²) < 4.78 is 0. The van der Waals surface area contributed by atoms with Crippen molar-refractivity contribution < 1.29 is 30.0 Å². The normalized spacial score (nSPS) is 13.8. The van der Waals surface area contributed by atoms with Crippen molar-refractivity contribution in [2.45, 2.75) is 89.1 Å². The molecule has 2 aromatic carbocycles. The molecular weight excluding hydrogens is 747 g/mol. The zero-order valence-corrected chi connectivity index (χ0v) is 33.1. The standard InChI is InChI=1S/C39H57N13O6/c1-24-35(40)46-36(41)33(45-24)38(58)47-39(42)44-21-6-3-7-25-9-14-27(15-10-25)28-16-11-26(12-17-28)13-18-32(56)52(2)29(37-48-50-51-49-37)8-4-5-20-43-23-31(55)34(57)30(54)19-22-53/h9-12,14-17,29-31,34,43,53-55,57H,3-8,13,18-23H2,1-2H3,(H4,40,41,46)(H3,42,44,47,58)(H,48,49,50,51)/t29-,30?,31?,34?/m0/s1. The van der Waals surface area contributed by atoms with E-state index in [1.165, 1.54) is 5.56 Å². The van der Waals surface area contributed by atoms with Gasteiger partial charge in [0.1, 0.15) is 11.9 Å². The number of nitrogen functional groups attached to an aromatic ring is 2. The topological polar surface area (TPSA) is 313 Å². The highest BCUT2D eigenvalue weighted by Crippen LogP contribution is 2.24. The third-order valence-corrected chi connectivity index (χ3v) is 9.78. The molecule has 0 bridgehead atoms. The molecule has 0 saturated carbocycles. The first-order valence-corrected chi connectivity index (χ1v) is 19.4. The second-order valence-electron chi connectivity index (χ2n) is 14.1. The van der Waals surface area contributed by atoms with E-state index in [4.69, 9.17) is 22.3 Å². The highest BCUT2D eigenvalue weighted by molar-refractivity contribution is 6.06. The average Bonchev–Trinajstić information content (AvgIpc) is 3.75. The maximum atomic E-state index is 13.3. The van der Waals surface area contributed by atoms with Crippen LogP contribution in [0, 0.1) is 6.92 Å². The number of aromatic nitrogens is 6. The number of nitrogens with zero attached hydrogens (tertiary/aromatic N) is 7. The van der Waals surface area contributed by atoms with Crippen molar-refractivity contribution in [3.05, 3.63) is 76.9 Å². The largest absolute Gasteiger partial charge is 0.396 e. The number of rotatable bonds is 23. The Balaban J connectivity index is 1.16. The Morgan fingerprint density at radius 3 is 2.19 bits per heavy atom. The van der Waals surface area contributed by atoms with Gasteiger partial charge in [-0.2, -0.15) is 5.21 Å². The van der Waals surface area contributed by atoms with Crippen molar-refractivity contribution in [1.29, 1.82) is 0 Å². The lowest BCUT2D eigenvalue weighted by Gasteiger charge is -2.26. The minimum absolute atomic E-state index is 0.0162. The van der Waals surface area contributed by atoms with E-state index >= 15 is 0 Å². The highest BCUT2D eigenvalue weighted by atomic mass is 16.4.